The van der Waals surface area contributed by atoms with Gasteiger partial charge in [0.2, 0.25) is 0 Å². The molecule has 2 aromatic carbocycles. The number of hydrogen-bond donors (Lipinski definition) is 0. The highest BCUT2D eigenvalue weighted by atomic mass is 19.1. The van der Waals surface area contributed by atoms with Gasteiger partial charge < -0.3 is 19.1 Å². The van der Waals surface area contributed by atoms with Crippen LogP contribution in [0.2, 0.25) is 0 Å². The minimum Gasteiger partial charge on any atom is -0.496 e. The van der Waals surface area contributed by atoms with Crippen LogP contribution in [0, 0.1) is 5.82 Å². The predicted molar refractivity (Wildman–Crippen MR) is 108 cm³/mol. The monoisotopic (exact) mass is 399 g/mol. The van der Waals surface area contributed by atoms with Gasteiger partial charge in [-0.2, -0.15) is 0 Å². The molecule has 29 heavy (non-hydrogen) atoms. The van der Waals surface area contributed by atoms with Crippen LogP contribution in [0.25, 0.3) is 11.0 Å². The molecule has 0 spiro atoms. The van der Waals surface area contributed by atoms with Gasteiger partial charge in [-0.1, -0.05) is 12.1 Å². The van der Waals surface area contributed by atoms with Crippen LogP contribution in [0.4, 0.5) is 15.9 Å². The number of esters is 1. The first-order chi connectivity index (χ1) is 14.0. The Balaban J connectivity index is 2.17. The number of hydrogen-bond acceptors (Lipinski definition) is 7. The molecule has 0 N–H and O–H groups in total. The van der Waals surface area contributed by atoms with Gasteiger partial charge >= 0.3 is 5.97 Å². The quantitative estimate of drug-likeness (QED) is 0.553. The number of aromatic nitrogens is 2. The Bertz CT molecular complexity index is 1040. The first kappa shape index (κ1) is 20.3. The lowest BCUT2D eigenvalue weighted by Crippen LogP contribution is -2.20. The van der Waals surface area contributed by atoms with E-state index in [4.69, 9.17) is 14.2 Å². The van der Waals surface area contributed by atoms with Crippen molar-refractivity contribution >= 4 is 28.5 Å². The van der Waals surface area contributed by atoms with E-state index in [-0.39, 0.29) is 29.4 Å². The van der Waals surface area contributed by atoms with E-state index in [1.807, 2.05) is 31.2 Å². The van der Waals surface area contributed by atoms with Crippen LogP contribution in [0.3, 0.4) is 0 Å². The molecule has 0 aliphatic heterocycles. The van der Waals surface area contributed by atoms with Gasteiger partial charge in [-0.05, 0) is 26.0 Å². The average Bonchev–Trinajstić information content (AvgIpc) is 2.74. The second-order valence-electron chi connectivity index (χ2n) is 6.00. The molecule has 0 aliphatic carbocycles. The van der Waals surface area contributed by atoms with Gasteiger partial charge in [-0.15, -0.1) is 0 Å². The van der Waals surface area contributed by atoms with Gasteiger partial charge in [0.1, 0.15) is 11.3 Å². The number of anilines is 2. The Morgan fingerprint density at radius 2 is 1.86 bits per heavy atom. The lowest BCUT2D eigenvalue weighted by Gasteiger charge is -2.25. The lowest BCUT2D eigenvalue weighted by molar-refractivity contribution is 0.0518. The van der Waals surface area contributed by atoms with Crippen LogP contribution in [-0.4, -0.2) is 43.3 Å². The number of rotatable bonds is 7. The van der Waals surface area contributed by atoms with Crippen molar-refractivity contribution in [3.8, 4) is 11.5 Å². The van der Waals surface area contributed by atoms with Crippen molar-refractivity contribution in [1.82, 2.24) is 9.97 Å². The summed E-state index contributed by atoms with van der Waals surface area (Å²) in [7, 11) is 2.68. The molecule has 3 aromatic rings. The Morgan fingerprint density at radius 1 is 1.14 bits per heavy atom. The number of ether oxygens (including phenoxy) is 3. The summed E-state index contributed by atoms with van der Waals surface area (Å²) < 4.78 is 31.0. The molecule has 0 atom stereocenters. The molecular weight excluding hydrogens is 377 g/mol. The summed E-state index contributed by atoms with van der Waals surface area (Å²) >= 11 is 0. The summed E-state index contributed by atoms with van der Waals surface area (Å²) in [5.74, 6) is -1.08. The highest BCUT2D eigenvalue weighted by Gasteiger charge is 2.28. The Hall–Kier alpha value is -3.42. The number of halogens is 1. The Kier molecular flexibility index (Phi) is 6.11. The first-order valence-electron chi connectivity index (χ1n) is 9.16. The fraction of sp³-hybridized carbons (Fsp3) is 0.286. The van der Waals surface area contributed by atoms with Gasteiger partial charge in [0.15, 0.2) is 17.4 Å². The smallest absolute Gasteiger partial charge is 0.345 e. The number of carbonyl (C=O) groups excluding carboxylic acids is 1. The van der Waals surface area contributed by atoms with Crippen molar-refractivity contribution in [2.75, 3.05) is 32.3 Å². The summed E-state index contributed by atoms with van der Waals surface area (Å²) in [6.45, 7) is 4.06. The van der Waals surface area contributed by atoms with Crippen molar-refractivity contribution in [3.05, 3.63) is 47.9 Å². The van der Waals surface area contributed by atoms with Gasteiger partial charge in [0, 0.05) is 12.6 Å². The Labute approximate surface area is 168 Å². The fourth-order valence-electron chi connectivity index (χ4n) is 3.08. The van der Waals surface area contributed by atoms with E-state index < -0.39 is 11.8 Å². The number of nitrogens with zero attached hydrogens (tertiary/aromatic N) is 3. The summed E-state index contributed by atoms with van der Waals surface area (Å²) in [6, 6.07) is 8.85. The molecule has 0 unspecified atom stereocenters. The third kappa shape index (κ3) is 3.78. The fourth-order valence-corrected chi connectivity index (χ4v) is 3.08. The second-order valence-corrected chi connectivity index (χ2v) is 6.00. The zero-order chi connectivity index (χ0) is 21.0. The molecule has 0 radical (unpaired) electrons. The average molecular weight is 399 g/mol. The first-order valence-corrected chi connectivity index (χ1v) is 9.16. The highest BCUT2D eigenvalue weighted by molar-refractivity contribution is 5.97. The van der Waals surface area contributed by atoms with Crippen molar-refractivity contribution in [1.29, 1.82) is 0 Å². The van der Waals surface area contributed by atoms with Crippen molar-refractivity contribution in [3.63, 3.8) is 0 Å². The van der Waals surface area contributed by atoms with E-state index in [0.29, 0.717) is 17.9 Å². The lowest BCUT2D eigenvalue weighted by atomic mass is 10.1. The van der Waals surface area contributed by atoms with Crippen LogP contribution in [0.15, 0.2) is 36.5 Å². The topological polar surface area (TPSA) is 73.8 Å². The molecule has 8 heteroatoms. The largest absolute Gasteiger partial charge is 0.496 e. The van der Waals surface area contributed by atoms with E-state index in [9.17, 15) is 4.79 Å². The highest BCUT2D eigenvalue weighted by Crippen LogP contribution is 2.40. The maximum absolute atomic E-state index is 15.4. The molecule has 152 valence electrons. The molecule has 1 aromatic heterocycles. The molecule has 0 amide bonds. The maximum atomic E-state index is 15.4. The van der Waals surface area contributed by atoms with E-state index in [0.717, 1.165) is 5.52 Å². The molecular formula is C21H22FN3O4. The minimum absolute atomic E-state index is 0.0984. The van der Waals surface area contributed by atoms with Gasteiger partial charge in [0.05, 0.1) is 43.7 Å². The molecule has 3 rings (SSSR count). The number of fused-ring (bicyclic) bond motifs is 1. The van der Waals surface area contributed by atoms with Crippen LogP contribution >= 0.6 is 0 Å². The molecule has 7 nitrogen and oxygen atoms in total. The van der Waals surface area contributed by atoms with E-state index >= 15 is 4.39 Å². The summed E-state index contributed by atoms with van der Waals surface area (Å²) in [5.41, 5.74) is 1.48. The number of benzene rings is 2. The number of methoxy groups -OCH3 is 2. The van der Waals surface area contributed by atoms with Crippen LogP contribution < -0.4 is 14.4 Å². The van der Waals surface area contributed by atoms with Gasteiger partial charge in [-0.3, -0.25) is 4.98 Å². The molecule has 0 bridgehead atoms. The van der Waals surface area contributed by atoms with E-state index in [1.165, 1.54) is 20.3 Å². The molecule has 0 saturated heterocycles. The zero-order valence-corrected chi connectivity index (χ0v) is 16.7. The molecule has 0 aliphatic rings. The molecule has 0 fully saturated rings. The van der Waals surface area contributed by atoms with Crippen LogP contribution in [-0.2, 0) is 4.74 Å². The van der Waals surface area contributed by atoms with E-state index in [2.05, 4.69) is 9.97 Å². The maximum Gasteiger partial charge on any atom is 0.345 e. The third-order valence-electron chi connectivity index (χ3n) is 4.39. The summed E-state index contributed by atoms with van der Waals surface area (Å²) in [4.78, 5) is 23.0. The number of carbonyl (C=O) groups is 1. The van der Waals surface area contributed by atoms with Crippen molar-refractivity contribution in [2.45, 2.75) is 13.8 Å². The second kappa shape index (κ2) is 8.72. The molecule has 1 heterocycles. The zero-order valence-electron chi connectivity index (χ0n) is 16.7. The third-order valence-corrected chi connectivity index (χ3v) is 4.39. The van der Waals surface area contributed by atoms with Crippen molar-refractivity contribution in [2.24, 2.45) is 0 Å². The standard InChI is InChI=1S/C21H22FN3O4/c1-5-25(17-12-23-13-9-7-8-10-14(13)24-17)15-11-16(27-3)18(21(26)29-6-2)20(28-4)19(15)22/h7-12H,5-6H2,1-4H3. The van der Waals surface area contributed by atoms with Crippen molar-refractivity contribution < 1.29 is 23.4 Å². The molecule has 0 saturated carbocycles. The van der Waals surface area contributed by atoms with Gasteiger partial charge in [-0.25, -0.2) is 14.2 Å². The van der Waals surface area contributed by atoms with E-state index in [1.54, 1.807) is 18.0 Å². The van der Waals surface area contributed by atoms with Crippen LogP contribution in [0.1, 0.15) is 24.2 Å². The normalized spacial score (nSPS) is 10.7. The summed E-state index contributed by atoms with van der Waals surface area (Å²) in [6.07, 6.45) is 1.57. The minimum atomic E-state index is -0.722. The number of para-hydroxylation sites is 2. The summed E-state index contributed by atoms with van der Waals surface area (Å²) in [5, 5.41) is 0. The van der Waals surface area contributed by atoms with Gasteiger partial charge in [0.25, 0.3) is 0 Å². The SMILES string of the molecule is CCOC(=O)c1c(OC)cc(N(CC)c2cnc3ccccc3n2)c(F)c1OC. The van der Waals surface area contributed by atoms with Crippen LogP contribution in [0.5, 0.6) is 11.5 Å². The predicted octanol–water partition coefficient (Wildman–Crippen LogP) is 4.12. The Morgan fingerprint density at radius 3 is 2.48 bits per heavy atom.